The van der Waals surface area contributed by atoms with Crippen molar-refractivity contribution >= 4 is 11.8 Å². The molecule has 1 aliphatic heterocycles. The Morgan fingerprint density at radius 2 is 2.00 bits per heavy atom. The van der Waals surface area contributed by atoms with E-state index >= 15 is 0 Å². The molecule has 1 unspecified atom stereocenters. The van der Waals surface area contributed by atoms with Gasteiger partial charge in [-0.15, -0.1) is 5.10 Å². The van der Waals surface area contributed by atoms with Gasteiger partial charge in [0.15, 0.2) is 5.82 Å². The second-order valence-corrected chi connectivity index (χ2v) is 7.93. The minimum absolute atomic E-state index is 0.0776. The van der Waals surface area contributed by atoms with Crippen molar-refractivity contribution in [1.29, 1.82) is 0 Å². The first-order valence-electron chi connectivity index (χ1n) is 10.3. The Kier molecular flexibility index (Phi) is 5.61. The largest absolute Gasteiger partial charge is 0.390 e. The number of amides is 2. The maximum atomic E-state index is 12.8. The van der Waals surface area contributed by atoms with E-state index in [0.29, 0.717) is 30.6 Å². The number of carbonyl (C=O) groups excluding carboxylic acids is 1. The molecule has 4 rings (SSSR count). The summed E-state index contributed by atoms with van der Waals surface area (Å²) < 4.78 is 3.84. The number of likely N-dealkylation sites (tertiary alicyclic amines) is 1. The predicted octanol–water partition coefficient (Wildman–Crippen LogP) is 2.65. The van der Waals surface area contributed by atoms with Gasteiger partial charge in [0.1, 0.15) is 5.69 Å². The normalized spacial score (nSPS) is 21.1. The van der Waals surface area contributed by atoms with Crippen LogP contribution in [0.1, 0.15) is 68.4 Å². The van der Waals surface area contributed by atoms with Crippen molar-refractivity contribution in [2.45, 2.75) is 70.6 Å². The Balaban J connectivity index is 1.39. The molecule has 1 saturated carbocycles. The van der Waals surface area contributed by atoms with Gasteiger partial charge < -0.3 is 10.0 Å². The molecule has 0 aromatic carbocycles. The van der Waals surface area contributed by atoms with Crippen LogP contribution >= 0.6 is 0 Å². The minimum atomic E-state index is -0.125. The lowest BCUT2D eigenvalue weighted by molar-refractivity contribution is 0.174. The SMILES string of the molecule is Cc1cc(NC(=O)N2CCCC(n3cc(CO)nn3)C2)nn1C1CCCCC1. The van der Waals surface area contributed by atoms with Gasteiger partial charge in [0.2, 0.25) is 0 Å². The lowest BCUT2D eigenvalue weighted by Gasteiger charge is -2.32. The number of aromatic nitrogens is 5. The highest BCUT2D eigenvalue weighted by Gasteiger charge is 2.26. The smallest absolute Gasteiger partial charge is 0.323 e. The fraction of sp³-hybridized carbons (Fsp3) is 0.684. The topological polar surface area (TPSA) is 101 Å². The summed E-state index contributed by atoms with van der Waals surface area (Å²) in [7, 11) is 0. The Morgan fingerprint density at radius 3 is 2.75 bits per heavy atom. The molecule has 9 nitrogen and oxygen atoms in total. The van der Waals surface area contributed by atoms with E-state index in [0.717, 1.165) is 31.4 Å². The van der Waals surface area contributed by atoms with Crippen LogP contribution in [0.25, 0.3) is 0 Å². The molecular weight excluding hydrogens is 358 g/mol. The highest BCUT2D eigenvalue weighted by Crippen LogP contribution is 2.29. The zero-order chi connectivity index (χ0) is 19.5. The number of hydrogen-bond donors (Lipinski definition) is 2. The van der Waals surface area contributed by atoms with Crippen LogP contribution in [0, 0.1) is 6.92 Å². The molecule has 28 heavy (non-hydrogen) atoms. The number of piperidine rings is 1. The molecule has 3 heterocycles. The first-order chi connectivity index (χ1) is 13.6. The van der Waals surface area contributed by atoms with Gasteiger partial charge in [-0.05, 0) is 32.6 Å². The Hall–Kier alpha value is -2.42. The summed E-state index contributed by atoms with van der Waals surface area (Å²) in [5, 5.41) is 24.8. The van der Waals surface area contributed by atoms with E-state index < -0.39 is 0 Å². The maximum absolute atomic E-state index is 12.8. The quantitative estimate of drug-likeness (QED) is 0.840. The number of hydrogen-bond acceptors (Lipinski definition) is 5. The maximum Gasteiger partial charge on any atom is 0.323 e. The molecule has 152 valence electrons. The number of nitrogens with one attached hydrogen (secondary N) is 1. The molecule has 0 bridgehead atoms. The second-order valence-electron chi connectivity index (χ2n) is 7.93. The number of anilines is 1. The summed E-state index contributed by atoms with van der Waals surface area (Å²) in [5.74, 6) is 0.624. The van der Waals surface area contributed by atoms with Gasteiger partial charge in [0.25, 0.3) is 0 Å². The Labute approximate surface area is 164 Å². The lowest BCUT2D eigenvalue weighted by atomic mass is 9.95. The fourth-order valence-electron chi connectivity index (χ4n) is 4.35. The van der Waals surface area contributed by atoms with Crippen LogP contribution in [0.5, 0.6) is 0 Å². The van der Waals surface area contributed by atoms with E-state index in [-0.39, 0.29) is 18.7 Å². The van der Waals surface area contributed by atoms with Gasteiger partial charge in [0, 0.05) is 24.8 Å². The number of aryl methyl sites for hydroxylation is 1. The molecule has 2 aliphatic rings. The molecule has 2 N–H and O–H groups in total. The van der Waals surface area contributed by atoms with E-state index in [4.69, 9.17) is 0 Å². The monoisotopic (exact) mass is 387 g/mol. The zero-order valence-electron chi connectivity index (χ0n) is 16.4. The summed E-state index contributed by atoms with van der Waals surface area (Å²) in [6.07, 6.45) is 9.73. The number of aliphatic hydroxyl groups excluding tert-OH is 1. The van der Waals surface area contributed by atoms with Crippen LogP contribution in [-0.4, -0.2) is 53.9 Å². The highest BCUT2D eigenvalue weighted by molar-refractivity contribution is 5.88. The van der Waals surface area contributed by atoms with E-state index in [1.165, 1.54) is 19.3 Å². The molecular formula is C19H29N7O2. The summed E-state index contributed by atoms with van der Waals surface area (Å²) in [5.41, 5.74) is 1.64. The van der Waals surface area contributed by atoms with Gasteiger partial charge in [-0.2, -0.15) is 5.10 Å². The van der Waals surface area contributed by atoms with Gasteiger partial charge in [-0.25, -0.2) is 9.48 Å². The molecule has 1 aliphatic carbocycles. The van der Waals surface area contributed by atoms with Crippen LogP contribution in [-0.2, 0) is 6.61 Å². The van der Waals surface area contributed by atoms with Crippen LogP contribution in [0.4, 0.5) is 10.6 Å². The molecule has 2 aromatic rings. The van der Waals surface area contributed by atoms with Gasteiger partial charge in [0.05, 0.1) is 24.9 Å². The third-order valence-corrected chi connectivity index (χ3v) is 5.86. The third-order valence-electron chi connectivity index (χ3n) is 5.86. The minimum Gasteiger partial charge on any atom is -0.390 e. The van der Waals surface area contributed by atoms with Crippen molar-refractivity contribution in [3.8, 4) is 0 Å². The first kappa shape index (κ1) is 18.9. The summed E-state index contributed by atoms with van der Waals surface area (Å²) in [6, 6.07) is 2.36. The van der Waals surface area contributed by atoms with E-state index in [1.54, 1.807) is 10.9 Å². The van der Waals surface area contributed by atoms with Crippen molar-refractivity contribution < 1.29 is 9.90 Å². The van der Waals surface area contributed by atoms with Crippen molar-refractivity contribution in [3.63, 3.8) is 0 Å². The number of urea groups is 1. The Morgan fingerprint density at radius 1 is 1.21 bits per heavy atom. The predicted molar refractivity (Wildman–Crippen MR) is 104 cm³/mol. The Bertz CT molecular complexity index is 809. The average molecular weight is 387 g/mol. The number of aliphatic hydroxyl groups is 1. The van der Waals surface area contributed by atoms with Gasteiger partial charge in [-0.3, -0.25) is 10.00 Å². The highest BCUT2D eigenvalue weighted by atomic mass is 16.3. The van der Waals surface area contributed by atoms with Crippen molar-refractivity contribution in [1.82, 2.24) is 29.7 Å². The zero-order valence-corrected chi connectivity index (χ0v) is 16.4. The van der Waals surface area contributed by atoms with Crippen LogP contribution in [0.2, 0.25) is 0 Å². The summed E-state index contributed by atoms with van der Waals surface area (Å²) in [4.78, 5) is 14.6. The lowest BCUT2D eigenvalue weighted by Crippen LogP contribution is -2.43. The van der Waals surface area contributed by atoms with Gasteiger partial charge >= 0.3 is 6.03 Å². The number of rotatable bonds is 4. The molecule has 2 aromatic heterocycles. The van der Waals surface area contributed by atoms with E-state index in [9.17, 15) is 9.90 Å². The second kappa shape index (κ2) is 8.30. The standard InChI is InChI=1S/C19H29N7O2/c1-14-10-18(22-26(14)16-6-3-2-4-7-16)20-19(28)24-9-5-8-17(12-24)25-11-15(13-27)21-23-25/h10-11,16-17,27H,2-9,12-13H2,1H3,(H,20,22,28). The van der Waals surface area contributed by atoms with E-state index in [2.05, 4.69) is 32.3 Å². The van der Waals surface area contributed by atoms with Crippen LogP contribution < -0.4 is 5.32 Å². The van der Waals surface area contributed by atoms with Crippen molar-refractivity contribution in [3.05, 3.63) is 23.7 Å². The molecule has 2 fully saturated rings. The average Bonchev–Trinajstić information content (AvgIpc) is 3.35. The van der Waals surface area contributed by atoms with Gasteiger partial charge in [-0.1, -0.05) is 24.5 Å². The van der Waals surface area contributed by atoms with Crippen molar-refractivity contribution in [2.75, 3.05) is 18.4 Å². The molecule has 9 heteroatoms. The van der Waals surface area contributed by atoms with Crippen LogP contribution in [0.15, 0.2) is 12.3 Å². The molecule has 0 radical (unpaired) electrons. The fourth-order valence-corrected chi connectivity index (χ4v) is 4.35. The summed E-state index contributed by atoms with van der Waals surface area (Å²) >= 11 is 0. The molecule has 1 saturated heterocycles. The third kappa shape index (κ3) is 4.04. The van der Waals surface area contributed by atoms with Crippen molar-refractivity contribution in [2.24, 2.45) is 0 Å². The van der Waals surface area contributed by atoms with Crippen LogP contribution in [0.3, 0.4) is 0 Å². The molecule has 1 atom stereocenters. The number of nitrogens with zero attached hydrogens (tertiary/aromatic N) is 6. The molecule has 0 spiro atoms. The molecule has 2 amide bonds. The van der Waals surface area contributed by atoms with E-state index in [1.807, 2.05) is 11.0 Å². The number of carbonyl (C=O) groups is 1. The first-order valence-corrected chi connectivity index (χ1v) is 10.3. The summed E-state index contributed by atoms with van der Waals surface area (Å²) in [6.45, 7) is 3.21.